The highest BCUT2D eigenvalue weighted by Gasteiger charge is 2.46. The van der Waals surface area contributed by atoms with Crippen molar-refractivity contribution in [2.24, 2.45) is 0 Å². The average molecular weight is 357 g/mol. The van der Waals surface area contributed by atoms with Crippen LogP contribution in [-0.2, 0) is 5.41 Å². The summed E-state index contributed by atoms with van der Waals surface area (Å²) in [6, 6.07) is 17.1. The lowest BCUT2D eigenvalue weighted by Gasteiger charge is -2.36. The van der Waals surface area contributed by atoms with E-state index in [1.807, 2.05) is 18.2 Å². The Bertz CT molecular complexity index is 931. The molecule has 0 saturated carbocycles. The molecule has 1 spiro atoms. The highest BCUT2D eigenvalue weighted by atomic mass is 16.1. The van der Waals surface area contributed by atoms with E-state index < -0.39 is 0 Å². The molecule has 1 atom stereocenters. The number of unbranched alkanes of at least 4 members (excludes halogenated alkanes) is 2. The van der Waals surface area contributed by atoms with Gasteiger partial charge in [-0.05, 0) is 59.6 Å². The average Bonchev–Trinajstić information content (AvgIpc) is 2.97. The van der Waals surface area contributed by atoms with Gasteiger partial charge in [-0.3, -0.25) is 4.79 Å². The molecule has 0 aliphatic heterocycles. The monoisotopic (exact) mass is 356 g/mol. The van der Waals surface area contributed by atoms with Gasteiger partial charge in [0, 0.05) is 5.56 Å². The molecule has 0 fully saturated rings. The second-order valence-corrected chi connectivity index (χ2v) is 7.76. The van der Waals surface area contributed by atoms with Crippen LogP contribution in [0.3, 0.4) is 0 Å². The molecule has 1 heteroatoms. The Hall–Kier alpha value is -2.41. The molecule has 4 rings (SSSR count). The number of carbonyl (C=O) groups is 1. The number of allylic oxidation sites excluding steroid dienone is 4. The summed E-state index contributed by atoms with van der Waals surface area (Å²) in [5.74, 6) is 0.130. The van der Waals surface area contributed by atoms with Gasteiger partial charge in [0.25, 0.3) is 0 Å². The summed E-state index contributed by atoms with van der Waals surface area (Å²) < 4.78 is 0. The fraction of sp³-hybridized carbons (Fsp3) is 0.346. The largest absolute Gasteiger partial charge is 0.289 e. The molecular formula is C26H28O. The zero-order valence-electron chi connectivity index (χ0n) is 16.4. The summed E-state index contributed by atoms with van der Waals surface area (Å²) in [4.78, 5) is 12.6. The van der Waals surface area contributed by atoms with Gasteiger partial charge < -0.3 is 0 Å². The van der Waals surface area contributed by atoms with Crippen LogP contribution in [0.5, 0.6) is 0 Å². The van der Waals surface area contributed by atoms with Crippen LogP contribution in [-0.4, -0.2) is 5.78 Å². The lowest BCUT2D eigenvalue weighted by Crippen LogP contribution is -2.31. The predicted octanol–water partition coefficient (Wildman–Crippen LogP) is 6.87. The highest BCUT2D eigenvalue weighted by Crippen LogP contribution is 2.56. The third-order valence-corrected chi connectivity index (χ3v) is 6.18. The van der Waals surface area contributed by atoms with Crippen LogP contribution in [0, 0.1) is 0 Å². The maximum atomic E-state index is 12.6. The lowest BCUT2D eigenvalue weighted by molar-refractivity contribution is 0.104. The van der Waals surface area contributed by atoms with Gasteiger partial charge in [-0.15, -0.1) is 0 Å². The first kappa shape index (κ1) is 18.0. The van der Waals surface area contributed by atoms with Gasteiger partial charge in [-0.25, -0.2) is 0 Å². The molecule has 0 radical (unpaired) electrons. The zero-order valence-corrected chi connectivity index (χ0v) is 16.4. The van der Waals surface area contributed by atoms with Gasteiger partial charge in [-0.1, -0.05) is 81.3 Å². The topological polar surface area (TPSA) is 17.1 Å². The van der Waals surface area contributed by atoms with Gasteiger partial charge >= 0.3 is 0 Å². The minimum atomic E-state index is -0.265. The SMILES string of the molecule is CCCCC1=C(CCCC)[C@@]2(C=CC(=O)c3ccccc32)c2ccccc21. The van der Waals surface area contributed by atoms with Crippen LogP contribution in [0.25, 0.3) is 5.57 Å². The number of hydrogen-bond donors (Lipinski definition) is 0. The van der Waals surface area contributed by atoms with Crippen molar-refractivity contribution in [1.82, 2.24) is 0 Å². The van der Waals surface area contributed by atoms with E-state index in [1.54, 1.807) is 0 Å². The summed E-state index contributed by atoms with van der Waals surface area (Å²) in [7, 11) is 0. The Labute approximate surface area is 162 Å². The standard InChI is InChI=1S/C26H28O/c1-3-5-11-19-20-12-7-9-15-23(20)26(22(19)14-6-4-2)18-17-25(27)21-13-8-10-16-24(21)26/h7-10,12-13,15-18H,3-6,11,14H2,1-2H3/t26-/m0/s1. The van der Waals surface area contributed by atoms with Gasteiger partial charge in [0.2, 0.25) is 0 Å². The molecule has 0 saturated heterocycles. The van der Waals surface area contributed by atoms with E-state index in [-0.39, 0.29) is 11.2 Å². The summed E-state index contributed by atoms with van der Waals surface area (Å²) in [5.41, 5.74) is 7.57. The van der Waals surface area contributed by atoms with Crippen LogP contribution >= 0.6 is 0 Å². The Balaban J connectivity index is 2.01. The molecule has 2 aliphatic carbocycles. The van der Waals surface area contributed by atoms with Crippen molar-refractivity contribution in [3.05, 3.63) is 88.5 Å². The zero-order chi connectivity index (χ0) is 18.9. The van der Waals surface area contributed by atoms with E-state index in [9.17, 15) is 4.79 Å². The molecule has 1 nitrogen and oxygen atoms in total. The molecule has 0 aromatic heterocycles. The first-order valence-corrected chi connectivity index (χ1v) is 10.4. The summed E-state index contributed by atoms with van der Waals surface area (Å²) in [6.45, 7) is 4.52. The third-order valence-electron chi connectivity index (χ3n) is 6.18. The number of hydrogen-bond acceptors (Lipinski definition) is 1. The van der Waals surface area contributed by atoms with Crippen molar-refractivity contribution < 1.29 is 4.79 Å². The van der Waals surface area contributed by atoms with Gasteiger partial charge in [-0.2, -0.15) is 0 Å². The number of benzene rings is 2. The van der Waals surface area contributed by atoms with Gasteiger partial charge in [0.05, 0.1) is 5.41 Å². The number of carbonyl (C=O) groups excluding carboxylic acids is 1. The number of rotatable bonds is 6. The van der Waals surface area contributed by atoms with Crippen molar-refractivity contribution in [3.63, 3.8) is 0 Å². The normalized spacial score (nSPS) is 20.3. The summed E-state index contributed by atoms with van der Waals surface area (Å²) in [6.07, 6.45) is 11.0. The third kappa shape index (κ3) is 2.72. The highest BCUT2D eigenvalue weighted by molar-refractivity contribution is 6.09. The summed E-state index contributed by atoms with van der Waals surface area (Å²) in [5, 5.41) is 0. The van der Waals surface area contributed by atoms with Crippen molar-refractivity contribution in [2.45, 2.75) is 57.8 Å². The smallest absolute Gasteiger partial charge is 0.185 e. The molecule has 0 heterocycles. The van der Waals surface area contributed by atoms with Crippen molar-refractivity contribution in [2.75, 3.05) is 0 Å². The number of ketones is 1. The molecule has 2 aliphatic rings. The maximum Gasteiger partial charge on any atom is 0.185 e. The Kier molecular flexibility index (Phi) is 4.86. The fourth-order valence-electron chi connectivity index (χ4n) is 4.91. The van der Waals surface area contributed by atoms with Gasteiger partial charge in [0.15, 0.2) is 5.78 Å². The predicted molar refractivity (Wildman–Crippen MR) is 113 cm³/mol. The van der Waals surface area contributed by atoms with Gasteiger partial charge in [0.1, 0.15) is 0 Å². The first-order valence-electron chi connectivity index (χ1n) is 10.4. The van der Waals surface area contributed by atoms with Crippen molar-refractivity contribution in [1.29, 1.82) is 0 Å². The lowest BCUT2D eigenvalue weighted by atomic mass is 9.66. The first-order chi connectivity index (χ1) is 13.2. The van der Waals surface area contributed by atoms with Crippen LogP contribution in [0.4, 0.5) is 0 Å². The molecule has 0 unspecified atom stereocenters. The van der Waals surface area contributed by atoms with E-state index >= 15 is 0 Å². The second-order valence-electron chi connectivity index (χ2n) is 7.76. The molecule has 138 valence electrons. The van der Waals surface area contributed by atoms with Crippen LogP contribution < -0.4 is 0 Å². The van der Waals surface area contributed by atoms with Crippen molar-refractivity contribution >= 4 is 11.4 Å². The van der Waals surface area contributed by atoms with E-state index in [0.717, 1.165) is 18.4 Å². The molecular weight excluding hydrogens is 328 g/mol. The minimum Gasteiger partial charge on any atom is -0.289 e. The quantitative estimate of drug-likeness (QED) is 0.552. The van der Waals surface area contributed by atoms with Crippen molar-refractivity contribution in [3.8, 4) is 0 Å². The van der Waals surface area contributed by atoms with E-state index in [2.05, 4.69) is 56.3 Å². The Morgan fingerprint density at radius 1 is 0.778 bits per heavy atom. The fourth-order valence-corrected chi connectivity index (χ4v) is 4.91. The number of fused-ring (bicyclic) bond motifs is 4. The molecule has 0 N–H and O–H groups in total. The maximum absolute atomic E-state index is 12.6. The van der Waals surface area contributed by atoms with Crippen LogP contribution in [0.1, 0.15) is 79.4 Å². The van der Waals surface area contributed by atoms with Crippen LogP contribution in [0.2, 0.25) is 0 Å². The second kappa shape index (κ2) is 7.31. The molecule has 0 bridgehead atoms. The molecule has 2 aromatic rings. The Morgan fingerprint density at radius 2 is 1.37 bits per heavy atom. The molecule has 27 heavy (non-hydrogen) atoms. The van der Waals surface area contributed by atoms with E-state index in [4.69, 9.17) is 0 Å². The van der Waals surface area contributed by atoms with E-state index in [1.165, 1.54) is 53.5 Å². The Morgan fingerprint density at radius 3 is 2.07 bits per heavy atom. The van der Waals surface area contributed by atoms with E-state index in [0.29, 0.717) is 0 Å². The summed E-state index contributed by atoms with van der Waals surface area (Å²) >= 11 is 0. The molecule has 0 amide bonds. The molecule has 2 aromatic carbocycles. The minimum absolute atomic E-state index is 0.130. The van der Waals surface area contributed by atoms with Crippen LogP contribution in [0.15, 0.2) is 66.3 Å².